The molecule has 1 unspecified atom stereocenters. The minimum Gasteiger partial charge on any atom is -0.494 e. The Hall–Kier alpha value is -2.53. The number of hydrogen-bond donors (Lipinski definition) is 0. The summed E-state index contributed by atoms with van der Waals surface area (Å²) in [7, 11) is 0. The summed E-state index contributed by atoms with van der Waals surface area (Å²) < 4.78 is 13.8. The highest BCUT2D eigenvalue weighted by Gasteiger charge is 2.23. The van der Waals surface area contributed by atoms with Gasteiger partial charge in [-0.1, -0.05) is 12.1 Å². The third-order valence-corrected chi connectivity index (χ3v) is 4.35. The van der Waals surface area contributed by atoms with E-state index in [1.807, 2.05) is 31.2 Å². The van der Waals surface area contributed by atoms with Crippen LogP contribution in [-0.4, -0.2) is 22.9 Å². The largest absolute Gasteiger partial charge is 0.494 e. The smallest absolute Gasteiger partial charge is 0.140 e. The lowest BCUT2D eigenvalue weighted by Gasteiger charge is -2.23. The summed E-state index contributed by atoms with van der Waals surface area (Å²) in [5.41, 5.74) is 3.26. The molecule has 2 heterocycles. The molecule has 24 heavy (non-hydrogen) atoms. The van der Waals surface area contributed by atoms with Gasteiger partial charge in [-0.3, -0.25) is 0 Å². The SMILES string of the molecule is CCOc1ccc(N2COC(C)c3nc4ccccc4n3C2)cc1. The third kappa shape index (κ3) is 2.61. The fraction of sp³-hybridized carbons (Fsp3) is 0.316. The van der Waals surface area contributed by atoms with Crippen molar-refractivity contribution in [3.05, 3.63) is 54.4 Å². The van der Waals surface area contributed by atoms with Crippen LogP contribution in [0.4, 0.5) is 5.69 Å². The number of imidazole rings is 1. The molecular weight excluding hydrogens is 302 g/mol. The lowest BCUT2D eigenvalue weighted by Crippen LogP contribution is -2.26. The summed E-state index contributed by atoms with van der Waals surface area (Å²) >= 11 is 0. The first-order chi connectivity index (χ1) is 11.8. The molecule has 0 radical (unpaired) electrons. The van der Waals surface area contributed by atoms with E-state index in [-0.39, 0.29) is 6.10 Å². The van der Waals surface area contributed by atoms with E-state index in [1.54, 1.807) is 0 Å². The van der Waals surface area contributed by atoms with Gasteiger partial charge in [-0.05, 0) is 50.2 Å². The van der Waals surface area contributed by atoms with Crippen molar-refractivity contribution in [2.45, 2.75) is 26.6 Å². The van der Waals surface area contributed by atoms with Crippen LogP contribution >= 0.6 is 0 Å². The zero-order chi connectivity index (χ0) is 16.5. The molecule has 1 aliphatic heterocycles. The predicted molar refractivity (Wildman–Crippen MR) is 94.2 cm³/mol. The summed E-state index contributed by atoms with van der Waals surface area (Å²) in [6.07, 6.45) is -0.0369. The molecule has 0 N–H and O–H groups in total. The van der Waals surface area contributed by atoms with Crippen LogP contribution in [0.5, 0.6) is 5.75 Å². The number of hydrogen-bond acceptors (Lipinski definition) is 4. The lowest BCUT2D eigenvalue weighted by molar-refractivity contribution is 0.0677. The molecule has 2 aromatic carbocycles. The fourth-order valence-electron chi connectivity index (χ4n) is 3.12. The van der Waals surface area contributed by atoms with Gasteiger partial charge in [-0.15, -0.1) is 0 Å². The van der Waals surface area contributed by atoms with Crippen molar-refractivity contribution in [1.29, 1.82) is 0 Å². The van der Waals surface area contributed by atoms with Gasteiger partial charge in [0.1, 0.15) is 24.4 Å². The Balaban J connectivity index is 1.69. The molecule has 1 aromatic heterocycles. The first-order valence-electron chi connectivity index (χ1n) is 8.31. The average Bonchev–Trinajstić information content (AvgIpc) is 2.90. The van der Waals surface area contributed by atoms with Crippen LogP contribution in [0.15, 0.2) is 48.5 Å². The first-order valence-corrected chi connectivity index (χ1v) is 8.31. The van der Waals surface area contributed by atoms with Crippen LogP contribution in [0, 0.1) is 0 Å². The maximum absolute atomic E-state index is 6.01. The van der Waals surface area contributed by atoms with Gasteiger partial charge in [0.05, 0.1) is 24.3 Å². The number of nitrogens with zero attached hydrogens (tertiary/aromatic N) is 3. The second kappa shape index (κ2) is 6.17. The molecule has 0 saturated heterocycles. The second-order valence-corrected chi connectivity index (χ2v) is 5.93. The Morgan fingerprint density at radius 2 is 1.96 bits per heavy atom. The summed E-state index contributed by atoms with van der Waals surface area (Å²) in [6.45, 7) is 5.97. The minimum absolute atomic E-state index is 0.0369. The van der Waals surface area contributed by atoms with Gasteiger partial charge in [0.2, 0.25) is 0 Å². The van der Waals surface area contributed by atoms with Gasteiger partial charge in [0.15, 0.2) is 0 Å². The standard InChI is InChI=1S/C19H21N3O2/c1-3-23-16-10-8-15(9-11-16)21-12-22-18-7-5-4-6-17(18)20-19(22)14(2)24-13-21/h4-11,14H,3,12-13H2,1-2H3. The molecule has 5 heteroatoms. The van der Waals surface area contributed by atoms with Gasteiger partial charge in [0, 0.05) is 5.69 Å². The monoisotopic (exact) mass is 323 g/mol. The van der Waals surface area contributed by atoms with E-state index < -0.39 is 0 Å². The summed E-state index contributed by atoms with van der Waals surface area (Å²) in [4.78, 5) is 6.96. The van der Waals surface area contributed by atoms with E-state index in [0.717, 1.165) is 28.3 Å². The number of anilines is 1. The highest BCUT2D eigenvalue weighted by Crippen LogP contribution is 2.29. The zero-order valence-electron chi connectivity index (χ0n) is 14.0. The van der Waals surface area contributed by atoms with E-state index in [4.69, 9.17) is 14.5 Å². The van der Waals surface area contributed by atoms with Crippen LogP contribution in [0.25, 0.3) is 11.0 Å². The van der Waals surface area contributed by atoms with Crippen LogP contribution in [0.3, 0.4) is 0 Å². The highest BCUT2D eigenvalue weighted by molar-refractivity contribution is 5.76. The maximum Gasteiger partial charge on any atom is 0.140 e. The van der Waals surface area contributed by atoms with E-state index in [1.165, 1.54) is 0 Å². The van der Waals surface area contributed by atoms with Crippen LogP contribution in [0.2, 0.25) is 0 Å². The highest BCUT2D eigenvalue weighted by atomic mass is 16.5. The van der Waals surface area contributed by atoms with Gasteiger partial charge in [-0.2, -0.15) is 0 Å². The van der Waals surface area contributed by atoms with Crippen molar-refractivity contribution in [3.63, 3.8) is 0 Å². The molecule has 4 rings (SSSR count). The van der Waals surface area contributed by atoms with Crippen molar-refractivity contribution in [3.8, 4) is 5.75 Å². The maximum atomic E-state index is 6.01. The molecule has 0 aliphatic carbocycles. The third-order valence-electron chi connectivity index (χ3n) is 4.35. The molecule has 0 spiro atoms. The molecule has 0 amide bonds. The molecule has 3 aromatic rings. The van der Waals surface area contributed by atoms with Gasteiger partial charge in [0.25, 0.3) is 0 Å². The first kappa shape index (κ1) is 15.0. The Kier molecular flexibility index (Phi) is 3.86. The van der Waals surface area contributed by atoms with Crippen LogP contribution in [-0.2, 0) is 11.4 Å². The molecule has 5 nitrogen and oxygen atoms in total. The Bertz CT molecular complexity index is 841. The van der Waals surface area contributed by atoms with Gasteiger partial charge < -0.3 is 18.9 Å². The van der Waals surface area contributed by atoms with Crippen LogP contribution in [0.1, 0.15) is 25.8 Å². The number of fused-ring (bicyclic) bond motifs is 3. The van der Waals surface area contributed by atoms with Crippen molar-refractivity contribution in [1.82, 2.24) is 9.55 Å². The molecular formula is C19H21N3O2. The van der Waals surface area contributed by atoms with Crippen molar-refractivity contribution < 1.29 is 9.47 Å². The Morgan fingerprint density at radius 3 is 2.75 bits per heavy atom. The summed E-state index contributed by atoms with van der Waals surface area (Å²) in [5.74, 6) is 1.86. The molecule has 124 valence electrons. The molecule has 0 saturated carbocycles. The van der Waals surface area contributed by atoms with E-state index >= 15 is 0 Å². The van der Waals surface area contributed by atoms with Crippen molar-refractivity contribution >= 4 is 16.7 Å². The molecule has 1 aliphatic rings. The number of benzene rings is 2. The number of para-hydroxylation sites is 2. The topological polar surface area (TPSA) is 39.5 Å². The van der Waals surface area contributed by atoms with Gasteiger partial charge >= 0.3 is 0 Å². The zero-order valence-corrected chi connectivity index (χ0v) is 14.0. The normalized spacial score (nSPS) is 17.6. The van der Waals surface area contributed by atoms with Crippen LogP contribution < -0.4 is 9.64 Å². The minimum atomic E-state index is -0.0369. The molecule has 0 bridgehead atoms. The molecule has 0 fully saturated rings. The van der Waals surface area contributed by atoms with Crippen molar-refractivity contribution in [2.24, 2.45) is 0 Å². The van der Waals surface area contributed by atoms with Gasteiger partial charge in [-0.25, -0.2) is 4.98 Å². The van der Waals surface area contributed by atoms with E-state index in [9.17, 15) is 0 Å². The number of rotatable bonds is 3. The van der Waals surface area contributed by atoms with Crippen molar-refractivity contribution in [2.75, 3.05) is 18.2 Å². The summed E-state index contributed by atoms with van der Waals surface area (Å²) in [6, 6.07) is 16.4. The average molecular weight is 323 g/mol. The van der Waals surface area contributed by atoms with E-state index in [2.05, 4.69) is 40.7 Å². The lowest BCUT2D eigenvalue weighted by atomic mass is 10.3. The summed E-state index contributed by atoms with van der Waals surface area (Å²) in [5, 5.41) is 0. The number of ether oxygens (including phenoxy) is 2. The fourth-order valence-corrected chi connectivity index (χ4v) is 3.12. The quantitative estimate of drug-likeness (QED) is 0.732. The van der Waals surface area contributed by atoms with E-state index in [0.29, 0.717) is 20.0 Å². The molecule has 1 atom stereocenters. The number of aromatic nitrogens is 2. The second-order valence-electron chi connectivity index (χ2n) is 5.93. The Labute approximate surface area is 141 Å². The Morgan fingerprint density at radius 1 is 1.17 bits per heavy atom. The predicted octanol–water partition coefficient (Wildman–Crippen LogP) is 3.95.